The average Bonchev–Trinajstić information content (AvgIpc) is 2.47. The van der Waals surface area contributed by atoms with Crippen LogP contribution in [0.3, 0.4) is 0 Å². The molecule has 1 aliphatic carbocycles. The molecule has 1 aromatic carbocycles. The zero-order chi connectivity index (χ0) is 16.1. The number of rotatable bonds is 4. The van der Waals surface area contributed by atoms with Gasteiger partial charge in [-0.15, -0.1) is 0 Å². The number of amides is 1. The first-order chi connectivity index (χ1) is 10.5. The van der Waals surface area contributed by atoms with E-state index in [2.05, 4.69) is 5.32 Å². The molecular formula is C13H11N3O6. The summed E-state index contributed by atoms with van der Waals surface area (Å²) in [5.41, 5.74) is 0.108. The fraction of sp³-hybridized carbons (Fsp3) is 0.154. The quantitative estimate of drug-likeness (QED) is 0.673. The lowest BCUT2D eigenvalue weighted by atomic mass is 10.1. The SMILES string of the molecule is O=C(Nc1cccc([N+](=O)[O-])c1)OC1=CC=C([N+](=O)[O-])CC1. The lowest BCUT2D eigenvalue weighted by molar-refractivity contribution is -0.428. The third-order valence-corrected chi connectivity index (χ3v) is 2.85. The number of nitrogens with zero attached hydrogens (tertiary/aromatic N) is 2. The van der Waals surface area contributed by atoms with Crippen molar-refractivity contribution < 1.29 is 19.4 Å². The van der Waals surface area contributed by atoms with Crippen LogP contribution in [0.4, 0.5) is 16.2 Å². The number of hydrogen-bond acceptors (Lipinski definition) is 6. The van der Waals surface area contributed by atoms with E-state index < -0.39 is 15.9 Å². The van der Waals surface area contributed by atoms with E-state index in [-0.39, 0.29) is 35.7 Å². The number of carbonyl (C=O) groups is 1. The first-order valence-electron chi connectivity index (χ1n) is 6.23. The molecule has 0 unspecified atom stereocenters. The van der Waals surface area contributed by atoms with Crippen molar-refractivity contribution in [2.75, 3.05) is 5.32 Å². The summed E-state index contributed by atoms with van der Waals surface area (Å²) in [6.45, 7) is 0. The average molecular weight is 305 g/mol. The molecular weight excluding hydrogens is 294 g/mol. The molecule has 22 heavy (non-hydrogen) atoms. The Balaban J connectivity index is 1.98. The van der Waals surface area contributed by atoms with E-state index in [0.29, 0.717) is 0 Å². The van der Waals surface area contributed by atoms with E-state index in [1.165, 1.54) is 36.4 Å². The van der Waals surface area contributed by atoms with Crippen LogP contribution in [0.1, 0.15) is 12.8 Å². The van der Waals surface area contributed by atoms with Crippen molar-refractivity contribution in [2.24, 2.45) is 0 Å². The van der Waals surface area contributed by atoms with E-state index in [0.717, 1.165) is 0 Å². The van der Waals surface area contributed by atoms with Gasteiger partial charge in [-0.3, -0.25) is 25.5 Å². The van der Waals surface area contributed by atoms with Crippen LogP contribution in [-0.2, 0) is 4.74 Å². The minimum atomic E-state index is -0.815. The molecule has 1 N–H and O–H groups in total. The molecule has 1 aliphatic rings. The normalized spacial score (nSPS) is 13.6. The van der Waals surface area contributed by atoms with Crippen molar-refractivity contribution in [3.63, 3.8) is 0 Å². The molecule has 1 aromatic rings. The molecule has 0 heterocycles. The smallest absolute Gasteiger partial charge is 0.415 e. The number of nitro groups is 2. The topological polar surface area (TPSA) is 125 Å². The summed E-state index contributed by atoms with van der Waals surface area (Å²) < 4.78 is 5.00. The molecule has 2 rings (SSSR count). The molecule has 0 saturated carbocycles. The molecule has 9 heteroatoms. The van der Waals surface area contributed by atoms with Crippen molar-refractivity contribution in [1.29, 1.82) is 0 Å². The van der Waals surface area contributed by atoms with E-state index in [9.17, 15) is 25.0 Å². The predicted octanol–water partition coefficient (Wildman–Crippen LogP) is 2.98. The fourth-order valence-corrected chi connectivity index (χ4v) is 1.80. The number of allylic oxidation sites excluding steroid dienone is 4. The third-order valence-electron chi connectivity index (χ3n) is 2.85. The number of anilines is 1. The summed E-state index contributed by atoms with van der Waals surface area (Å²) in [6, 6.07) is 5.40. The van der Waals surface area contributed by atoms with Gasteiger partial charge < -0.3 is 4.74 Å². The lowest BCUT2D eigenvalue weighted by Crippen LogP contribution is -2.15. The molecule has 0 bridgehead atoms. The van der Waals surface area contributed by atoms with Crippen molar-refractivity contribution in [3.05, 3.63) is 68.1 Å². The van der Waals surface area contributed by atoms with Crippen LogP contribution < -0.4 is 5.32 Å². The molecule has 114 valence electrons. The summed E-state index contributed by atoms with van der Waals surface area (Å²) in [7, 11) is 0. The number of carbonyl (C=O) groups excluding carboxylic acids is 1. The van der Waals surface area contributed by atoms with E-state index >= 15 is 0 Å². The van der Waals surface area contributed by atoms with Crippen LogP contribution in [0.2, 0.25) is 0 Å². The third kappa shape index (κ3) is 3.88. The maximum absolute atomic E-state index is 11.7. The second-order valence-corrected chi connectivity index (χ2v) is 4.37. The monoisotopic (exact) mass is 305 g/mol. The Labute approximate surface area is 124 Å². The first kappa shape index (κ1) is 15.2. The zero-order valence-electron chi connectivity index (χ0n) is 11.2. The second kappa shape index (κ2) is 6.48. The molecule has 0 aromatic heterocycles. The van der Waals surface area contributed by atoms with Gasteiger partial charge in [-0.05, 0) is 12.1 Å². The van der Waals surface area contributed by atoms with E-state index in [1.807, 2.05) is 0 Å². The van der Waals surface area contributed by atoms with Crippen LogP contribution in [0.5, 0.6) is 0 Å². The van der Waals surface area contributed by atoms with Gasteiger partial charge >= 0.3 is 6.09 Å². The minimum Gasteiger partial charge on any atom is -0.415 e. The van der Waals surface area contributed by atoms with Crippen molar-refractivity contribution >= 4 is 17.5 Å². The maximum Gasteiger partial charge on any atom is 0.416 e. The van der Waals surface area contributed by atoms with Crippen molar-refractivity contribution in [1.82, 2.24) is 0 Å². The summed E-state index contributed by atoms with van der Waals surface area (Å²) in [6.07, 6.45) is 2.22. The predicted molar refractivity (Wildman–Crippen MR) is 75.6 cm³/mol. The van der Waals surface area contributed by atoms with Gasteiger partial charge in [-0.2, -0.15) is 0 Å². The Kier molecular flexibility index (Phi) is 4.47. The molecule has 9 nitrogen and oxygen atoms in total. The molecule has 0 aliphatic heterocycles. The fourth-order valence-electron chi connectivity index (χ4n) is 1.80. The Morgan fingerprint density at radius 3 is 2.50 bits per heavy atom. The van der Waals surface area contributed by atoms with Gasteiger partial charge in [0.05, 0.1) is 15.5 Å². The first-order valence-corrected chi connectivity index (χ1v) is 6.23. The number of nitrogens with one attached hydrogen (secondary N) is 1. The molecule has 0 atom stereocenters. The number of nitro benzene ring substituents is 1. The van der Waals surface area contributed by atoms with Crippen LogP contribution in [0, 0.1) is 20.2 Å². The molecule has 0 radical (unpaired) electrons. The largest absolute Gasteiger partial charge is 0.416 e. The number of ether oxygens (including phenoxy) is 1. The zero-order valence-corrected chi connectivity index (χ0v) is 11.2. The Bertz CT molecular complexity index is 695. The minimum absolute atomic E-state index is 0.0476. The highest BCUT2D eigenvalue weighted by atomic mass is 16.6. The number of non-ortho nitro benzene ring substituents is 1. The van der Waals surface area contributed by atoms with Crippen LogP contribution in [-0.4, -0.2) is 15.9 Å². The van der Waals surface area contributed by atoms with Gasteiger partial charge in [0.15, 0.2) is 0 Å². The molecule has 1 amide bonds. The Hall–Kier alpha value is -3.23. The van der Waals surface area contributed by atoms with E-state index in [1.54, 1.807) is 0 Å². The van der Waals surface area contributed by atoms with Gasteiger partial charge in [-0.25, -0.2) is 4.79 Å². The van der Waals surface area contributed by atoms with Crippen LogP contribution in [0.15, 0.2) is 47.9 Å². The molecule has 0 spiro atoms. The highest BCUT2D eigenvalue weighted by molar-refractivity contribution is 5.85. The highest BCUT2D eigenvalue weighted by Crippen LogP contribution is 2.21. The standard InChI is InChI=1S/C13H11N3O6/c17-13(14-9-2-1-3-11(8-9)16(20)21)22-12-6-4-10(5-7-12)15(18)19/h1-4,6,8H,5,7H2,(H,14,17). The second-order valence-electron chi connectivity index (χ2n) is 4.37. The maximum atomic E-state index is 11.7. The summed E-state index contributed by atoms with van der Waals surface area (Å²) >= 11 is 0. The van der Waals surface area contributed by atoms with Crippen LogP contribution >= 0.6 is 0 Å². The highest BCUT2D eigenvalue weighted by Gasteiger charge is 2.18. The Morgan fingerprint density at radius 1 is 1.14 bits per heavy atom. The van der Waals surface area contributed by atoms with Gasteiger partial charge in [0.1, 0.15) is 5.76 Å². The van der Waals surface area contributed by atoms with Gasteiger partial charge in [-0.1, -0.05) is 6.07 Å². The van der Waals surface area contributed by atoms with E-state index in [4.69, 9.17) is 4.74 Å². The summed E-state index contributed by atoms with van der Waals surface area (Å²) in [4.78, 5) is 31.8. The van der Waals surface area contributed by atoms with Crippen LogP contribution in [0.25, 0.3) is 0 Å². The number of hydrogen-bond donors (Lipinski definition) is 1. The molecule has 0 saturated heterocycles. The number of benzene rings is 1. The van der Waals surface area contributed by atoms with Gasteiger partial charge in [0.25, 0.3) is 5.69 Å². The van der Waals surface area contributed by atoms with Crippen molar-refractivity contribution in [3.8, 4) is 0 Å². The lowest BCUT2D eigenvalue weighted by Gasteiger charge is -2.11. The molecule has 0 fully saturated rings. The summed E-state index contributed by atoms with van der Waals surface area (Å²) in [5.74, 6) is 0.286. The van der Waals surface area contributed by atoms with Crippen molar-refractivity contribution in [2.45, 2.75) is 12.8 Å². The van der Waals surface area contributed by atoms with Gasteiger partial charge in [0, 0.05) is 31.1 Å². The summed E-state index contributed by atoms with van der Waals surface area (Å²) in [5, 5.41) is 23.5. The van der Waals surface area contributed by atoms with Gasteiger partial charge in [0.2, 0.25) is 5.70 Å². The Morgan fingerprint density at radius 2 is 1.91 bits per heavy atom.